The molecule has 0 fully saturated rings. The van der Waals surface area contributed by atoms with Crippen LogP contribution in [0.3, 0.4) is 0 Å². The molecule has 0 saturated carbocycles. The molecule has 17 heavy (non-hydrogen) atoms. The molecule has 0 saturated heterocycles. The van der Waals surface area contributed by atoms with Crippen LogP contribution in [0.2, 0.25) is 0 Å². The van der Waals surface area contributed by atoms with Gasteiger partial charge in [0.25, 0.3) is 0 Å². The van der Waals surface area contributed by atoms with E-state index in [1.165, 1.54) is 0 Å². The minimum atomic E-state index is 0.132. The Bertz CT molecular complexity index is 352. The van der Waals surface area contributed by atoms with Gasteiger partial charge in [-0.15, -0.1) is 0 Å². The second-order valence-electron chi connectivity index (χ2n) is 3.50. The minimum absolute atomic E-state index is 0.132. The fourth-order valence-corrected chi connectivity index (χ4v) is 1.78. The summed E-state index contributed by atoms with van der Waals surface area (Å²) in [5, 5.41) is 0. The number of carbonyl (C=O) groups is 1. The molecule has 0 amide bonds. The van der Waals surface area contributed by atoms with Crippen molar-refractivity contribution in [2.75, 3.05) is 32.3 Å². The second kappa shape index (κ2) is 8.14. The van der Waals surface area contributed by atoms with Crippen LogP contribution in [0.15, 0.2) is 24.3 Å². The molecular formula is C13H18O3S. The summed E-state index contributed by atoms with van der Waals surface area (Å²) in [7, 11) is 1.62. The molecule has 0 aliphatic rings. The lowest BCUT2D eigenvalue weighted by Crippen LogP contribution is -2.09. The van der Waals surface area contributed by atoms with E-state index in [2.05, 4.69) is 0 Å². The molecule has 3 nitrogen and oxygen atoms in total. The van der Waals surface area contributed by atoms with E-state index >= 15 is 0 Å². The summed E-state index contributed by atoms with van der Waals surface area (Å²) in [5.41, 5.74) is 0.664. The zero-order valence-corrected chi connectivity index (χ0v) is 11.1. The number of hydrogen-bond donors (Lipinski definition) is 0. The van der Waals surface area contributed by atoms with Crippen molar-refractivity contribution < 1.29 is 14.3 Å². The van der Waals surface area contributed by atoms with E-state index in [-0.39, 0.29) is 5.78 Å². The number of ether oxygens (including phenoxy) is 2. The molecule has 0 N–H and O–H groups in total. The predicted octanol–water partition coefficient (Wildman–Crippen LogP) is 2.65. The van der Waals surface area contributed by atoms with Crippen LogP contribution in [0.5, 0.6) is 5.75 Å². The maximum atomic E-state index is 11.9. The van der Waals surface area contributed by atoms with Gasteiger partial charge in [0.1, 0.15) is 12.4 Å². The monoisotopic (exact) mass is 254 g/mol. The summed E-state index contributed by atoms with van der Waals surface area (Å²) in [6.07, 6.45) is 2.54. The van der Waals surface area contributed by atoms with E-state index in [0.717, 1.165) is 5.75 Å². The van der Waals surface area contributed by atoms with Crippen LogP contribution in [-0.4, -0.2) is 38.1 Å². The Balaban J connectivity index is 2.66. The normalized spacial score (nSPS) is 10.2. The first-order valence-electron chi connectivity index (χ1n) is 5.52. The highest BCUT2D eigenvalue weighted by Crippen LogP contribution is 2.20. The third-order valence-electron chi connectivity index (χ3n) is 2.27. The number of thioether (sulfide) groups is 1. The molecule has 0 aromatic heterocycles. The largest absolute Gasteiger partial charge is 0.490 e. The number of carbonyl (C=O) groups excluding carboxylic acids is 1. The molecule has 0 aliphatic carbocycles. The van der Waals surface area contributed by atoms with Gasteiger partial charge in [0.2, 0.25) is 0 Å². The van der Waals surface area contributed by atoms with Gasteiger partial charge in [0.15, 0.2) is 5.78 Å². The van der Waals surface area contributed by atoms with Crippen molar-refractivity contribution in [1.29, 1.82) is 0 Å². The van der Waals surface area contributed by atoms with Gasteiger partial charge in [0, 0.05) is 19.3 Å². The number of benzene rings is 1. The van der Waals surface area contributed by atoms with Crippen LogP contribution >= 0.6 is 11.8 Å². The standard InChI is InChI=1S/C13H18O3S/c1-15-8-9-16-13-6-4-3-5-11(13)12(14)7-10-17-2/h3-6H,7-10H2,1-2H3. The van der Waals surface area contributed by atoms with Gasteiger partial charge < -0.3 is 9.47 Å². The number of Topliss-reactive ketones (excluding diaryl/α,β-unsaturated/α-hetero) is 1. The number of hydrogen-bond acceptors (Lipinski definition) is 4. The predicted molar refractivity (Wildman–Crippen MR) is 71.1 cm³/mol. The SMILES string of the molecule is COCCOc1ccccc1C(=O)CCSC. The van der Waals surface area contributed by atoms with E-state index in [4.69, 9.17) is 9.47 Å². The van der Waals surface area contributed by atoms with Crippen molar-refractivity contribution in [2.45, 2.75) is 6.42 Å². The second-order valence-corrected chi connectivity index (χ2v) is 4.49. The molecule has 0 heterocycles. The number of rotatable bonds is 8. The summed E-state index contributed by atoms with van der Waals surface area (Å²) in [6, 6.07) is 7.36. The third-order valence-corrected chi connectivity index (χ3v) is 2.88. The fraction of sp³-hybridized carbons (Fsp3) is 0.462. The van der Waals surface area contributed by atoms with Gasteiger partial charge >= 0.3 is 0 Å². The van der Waals surface area contributed by atoms with E-state index in [0.29, 0.717) is 30.9 Å². The highest BCUT2D eigenvalue weighted by atomic mass is 32.2. The van der Waals surface area contributed by atoms with Crippen molar-refractivity contribution >= 4 is 17.5 Å². The molecule has 1 aromatic carbocycles. The van der Waals surface area contributed by atoms with Gasteiger partial charge in [-0.05, 0) is 18.4 Å². The zero-order valence-electron chi connectivity index (χ0n) is 10.3. The summed E-state index contributed by atoms with van der Waals surface area (Å²) >= 11 is 1.67. The summed E-state index contributed by atoms with van der Waals surface area (Å²) in [4.78, 5) is 11.9. The molecule has 0 aliphatic heterocycles. The molecule has 94 valence electrons. The lowest BCUT2D eigenvalue weighted by atomic mass is 10.1. The fourth-order valence-electron chi connectivity index (χ4n) is 1.39. The Morgan fingerprint density at radius 3 is 2.76 bits per heavy atom. The van der Waals surface area contributed by atoms with Gasteiger partial charge in [-0.1, -0.05) is 12.1 Å². The maximum absolute atomic E-state index is 11.9. The lowest BCUT2D eigenvalue weighted by Gasteiger charge is -2.10. The van der Waals surface area contributed by atoms with Crippen molar-refractivity contribution in [2.24, 2.45) is 0 Å². The van der Waals surface area contributed by atoms with Gasteiger partial charge in [0.05, 0.1) is 12.2 Å². The summed E-state index contributed by atoms with van der Waals surface area (Å²) < 4.78 is 10.4. The maximum Gasteiger partial charge on any atom is 0.167 e. The third kappa shape index (κ3) is 4.79. The molecule has 0 spiro atoms. The van der Waals surface area contributed by atoms with Gasteiger partial charge in [-0.2, -0.15) is 11.8 Å². The first-order chi connectivity index (χ1) is 8.29. The molecular weight excluding hydrogens is 236 g/mol. The molecule has 0 bridgehead atoms. The quantitative estimate of drug-likeness (QED) is 0.528. The summed E-state index contributed by atoms with van der Waals surface area (Å²) in [6.45, 7) is 0.983. The minimum Gasteiger partial charge on any atom is -0.490 e. The van der Waals surface area contributed by atoms with Crippen LogP contribution in [-0.2, 0) is 4.74 Å². The molecule has 0 atom stereocenters. The van der Waals surface area contributed by atoms with Crippen LogP contribution in [0, 0.1) is 0 Å². The van der Waals surface area contributed by atoms with Crippen molar-refractivity contribution in [3.63, 3.8) is 0 Å². The number of ketones is 1. The highest BCUT2D eigenvalue weighted by molar-refractivity contribution is 7.98. The van der Waals surface area contributed by atoms with Gasteiger partial charge in [-0.3, -0.25) is 4.79 Å². The topological polar surface area (TPSA) is 35.5 Å². The van der Waals surface area contributed by atoms with Crippen molar-refractivity contribution in [1.82, 2.24) is 0 Å². The first kappa shape index (κ1) is 14.1. The number of methoxy groups -OCH3 is 1. The molecule has 1 rings (SSSR count). The average molecular weight is 254 g/mol. The molecule has 0 unspecified atom stereocenters. The Hall–Kier alpha value is -1.000. The Morgan fingerprint density at radius 1 is 1.29 bits per heavy atom. The average Bonchev–Trinajstić information content (AvgIpc) is 2.37. The first-order valence-corrected chi connectivity index (χ1v) is 6.92. The van der Waals surface area contributed by atoms with Gasteiger partial charge in [-0.25, -0.2) is 0 Å². The van der Waals surface area contributed by atoms with E-state index in [1.54, 1.807) is 18.9 Å². The number of para-hydroxylation sites is 1. The van der Waals surface area contributed by atoms with Crippen LogP contribution in [0.25, 0.3) is 0 Å². The summed E-state index contributed by atoms with van der Waals surface area (Å²) in [5.74, 6) is 1.62. The Labute approximate surface area is 106 Å². The van der Waals surface area contributed by atoms with E-state index < -0.39 is 0 Å². The Morgan fingerprint density at radius 2 is 2.06 bits per heavy atom. The van der Waals surface area contributed by atoms with Crippen LogP contribution in [0.1, 0.15) is 16.8 Å². The molecule has 1 aromatic rings. The molecule has 0 radical (unpaired) electrons. The molecule has 4 heteroatoms. The lowest BCUT2D eigenvalue weighted by molar-refractivity contribution is 0.0981. The van der Waals surface area contributed by atoms with Crippen LogP contribution < -0.4 is 4.74 Å². The van der Waals surface area contributed by atoms with E-state index in [1.807, 2.05) is 30.5 Å². The van der Waals surface area contributed by atoms with Crippen molar-refractivity contribution in [3.05, 3.63) is 29.8 Å². The van der Waals surface area contributed by atoms with Crippen LogP contribution in [0.4, 0.5) is 0 Å². The highest BCUT2D eigenvalue weighted by Gasteiger charge is 2.11. The van der Waals surface area contributed by atoms with Crippen molar-refractivity contribution in [3.8, 4) is 5.75 Å². The van der Waals surface area contributed by atoms with E-state index in [9.17, 15) is 4.79 Å². The smallest absolute Gasteiger partial charge is 0.167 e. The zero-order chi connectivity index (χ0) is 12.5. The Kier molecular flexibility index (Phi) is 6.74.